The van der Waals surface area contributed by atoms with E-state index in [1.54, 1.807) is 55.5 Å². The number of aryl methyl sites for hydroxylation is 1. The zero-order valence-corrected chi connectivity index (χ0v) is 9.66. The van der Waals surface area contributed by atoms with E-state index in [0.717, 1.165) is 5.56 Å². The Hall–Kier alpha value is -1.70. The van der Waals surface area contributed by atoms with Gasteiger partial charge in [0.1, 0.15) is 6.67 Å². The number of alkyl halides is 2. The third-order valence-electron chi connectivity index (χ3n) is 2.99. The van der Waals surface area contributed by atoms with Crippen molar-refractivity contribution in [2.45, 2.75) is 12.6 Å². The lowest BCUT2D eigenvalue weighted by atomic mass is 9.86. The summed E-state index contributed by atoms with van der Waals surface area (Å²) < 4.78 is 28.1. The number of hydrogen-bond acceptors (Lipinski definition) is 0. The molecule has 1 unspecified atom stereocenters. The second-order valence-electron chi connectivity index (χ2n) is 4.12. The van der Waals surface area contributed by atoms with Gasteiger partial charge in [-0.3, -0.25) is 0 Å². The van der Waals surface area contributed by atoms with E-state index in [2.05, 4.69) is 0 Å². The summed E-state index contributed by atoms with van der Waals surface area (Å²) in [6.07, 6.45) is 0. The average molecular weight is 232 g/mol. The van der Waals surface area contributed by atoms with Crippen molar-refractivity contribution in [3.05, 3.63) is 71.3 Å². The van der Waals surface area contributed by atoms with Gasteiger partial charge in [0.15, 0.2) is 5.67 Å². The molecule has 1 atom stereocenters. The lowest BCUT2D eigenvalue weighted by molar-refractivity contribution is 0.166. The fourth-order valence-corrected chi connectivity index (χ4v) is 2.02. The van der Waals surface area contributed by atoms with Crippen LogP contribution in [0.2, 0.25) is 0 Å². The van der Waals surface area contributed by atoms with Gasteiger partial charge in [0.05, 0.1) is 0 Å². The van der Waals surface area contributed by atoms with E-state index in [1.165, 1.54) is 0 Å². The normalized spacial score (nSPS) is 14.3. The van der Waals surface area contributed by atoms with Crippen LogP contribution in [0, 0.1) is 6.92 Å². The average Bonchev–Trinajstić information content (AvgIpc) is 2.39. The molecule has 0 nitrogen and oxygen atoms in total. The summed E-state index contributed by atoms with van der Waals surface area (Å²) >= 11 is 0. The molecule has 0 saturated heterocycles. The van der Waals surface area contributed by atoms with Crippen LogP contribution in [-0.4, -0.2) is 6.67 Å². The highest BCUT2D eigenvalue weighted by atomic mass is 19.2. The van der Waals surface area contributed by atoms with Crippen LogP contribution in [0.4, 0.5) is 8.78 Å². The molecule has 2 aromatic carbocycles. The molecule has 17 heavy (non-hydrogen) atoms. The van der Waals surface area contributed by atoms with Gasteiger partial charge in [0.2, 0.25) is 0 Å². The summed E-state index contributed by atoms with van der Waals surface area (Å²) in [6, 6.07) is 15.5. The zero-order valence-electron chi connectivity index (χ0n) is 9.66. The lowest BCUT2D eigenvalue weighted by Crippen LogP contribution is -2.25. The van der Waals surface area contributed by atoms with Gasteiger partial charge in [-0.1, -0.05) is 54.6 Å². The monoisotopic (exact) mass is 232 g/mol. The van der Waals surface area contributed by atoms with E-state index in [-0.39, 0.29) is 0 Å². The molecule has 0 amide bonds. The van der Waals surface area contributed by atoms with Crippen molar-refractivity contribution in [2.24, 2.45) is 0 Å². The highest BCUT2D eigenvalue weighted by molar-refractivity contribution is 5.40. The van der Waals surface area contributed by atoms with Gasteiger partial charge in [-0.15, -0.1) is 0 Å². The highest BCUT2D eigenvalue weighted by Crippen LogP contribution is 2.36. The molecule has 0 fully saturated rings. The van der Waals surface area contributed by atoms with Crippen LogP contribution in [0.1, 0.15) is 16.7 Å². The molecule has 0 saturated carbocycles. The number of halogens is 2. The molecule has 0 aliphatic carbocycles. The van der Waals surface area contributed by atoms with Gasteiger partial charge in [0, 0.05) is 0 Å². The van der Waals surface area contributed by atoms with E-state index in [9.17, 15) is 8.78 Å². The molecular weight excluding hydrogens is 218 g/mol. The molecular formula is C15H14F2. The smallest absolute Gasteiger partial charge is 0.189 e. The van der Waals surface area contributed by atoms with E-state index < -0.39 is 12.3 Å². The Labute approximate surface area is 99.9 Å². The van der Waals surface area contributed by atoms with Crippen molar-refractivity contribution in [3.63, 3.8) is 0 Å². The van der Waals surface area contributed by atoms with Crippen LogP contribution in [0.3, 0.4) is 0 Å². The van der Waals surface area contributed by atoms with Gasteiger partial charge in [-0.25, -0.2) is 8.78 Å². The van der Waals surface area contributed by atoms with Crippen molar-refractivity contribution < 1.29 is 8.78 Å². The summed E-state index contributed by atoms with van der Waals surface area (Å²) in [5.41, 5.74) is -0.533. The summed E-state index contributed by atoms with van der Waals surface area (Å²) in [6.45, 7) is 0.740. The minimum Gasteiger partial charge on any atom is -0.247 e. The molecule has 2 heteroatoms. The number of benzene rings is 2. The molecule has 0 heterocycles. The second kappa shape index (κ2) is 4.66. The quantitative estimate of drug-likeness (QED) is 0.744. The van der Waals surface area contributed by atoms with Crippen molar-refractivity contribution >= 4 is 0 Å². The highest BCUT2D eigenvalue weighted by Gasteiger charge is 2.35. The van der Waals surface area contributed by atoms with Crippen molar-refractivity contribution in [1.29, 1.82) is 0 Å². The maximum absolute atomic E-state index is 14.9. The minimum atomic E-state index is -2.05. The molecule has 0 bridgehead atoms. The summed E-state index contributed by atoms with van der Waals surface area (Å²) in [5, 5.41) is 0. The van der Waals surface area contributed by atoms with Crippen molar-refractivity contribution in [3.8, 4) is 0 Å². The maximum Gasteiger partial charge on any atom is 0.189 e. The predicted molar refractivity (Wildman–Crippen MR) is 65.5 cm³/mol. The van der Waals surface area contributed by atoms with Gasteiger partial charge in [0.25, 0.3) is 0 Å². The second-order valence-corrected chi connectivity index (χ2v) is 4.12. The standard InChI is InChI=1S/C15H14F2/c1-12-7-5-6-10-14(12)15(17,11-16)13-8-3-2-4-9-13/h2-10H,11H2,1H3. The molecule has 0 aliphatic rings. The molecule has 0 N–H and O–H groups in total. The fourth-order valence-electron chi connectivity index (χ4n) is 2.02. The Morgan fingerprint density at radius 2 is 1.53 bits per heavy atom. The first-order chi connectivity index (χ1) is 8.18. The van der Waals surface area contributed by atoms with Crippen LogP contribution in [0.25, 0.3) is 0 Å². The van der Waals surface area contributed by atoms with Gasteiger partial charge in [-0.2, -0.15) is 0 Å². The Morgan fingerprint density at radius 1 is 0.941 bits per heavy atom. The van der Waals surface area contributed by atoms with Gasteiger partial charge < -0.3 is 0 Å². The van der Waals surface area contributed by atoms with Crippen molar-refractivity contribution in [2.75, 3.05) is 6.67 Å². The van der Waals surface area contributed by atoms with Crippen molar-refractivity contribution in [1.82, 2.24) is 0 Å². The first-order valence-corrected chi connectivity index (χ1v) is 5.55. The molecule has 0 radical (unpaired) electrons. The first-order valence-electron chi connectivity index (χ1n) is 5.55. The van der Waals surface area contributed by atoms with Gasteiger partial charge in [-0.05, 0) is 23.6 Å². The Kier molecular flexibility index (Phi) is 3.23. The van der Waals surface area contributed by atoms with E-state index in [4.69, 9.17) is 0 Å². The van der Waals surface area contributed by atoms with Crippen LogP contribution < -0.4 is 0 Å². The van der Waals surface area contributed by atoms with E-state index >= 15 is 0 Å². The maximum atomic E-state index is 14.9. The van der Waals surface area contributed by atoms with E-state index in [1.807, 2.05) is 6.07 Å². The SMILES string of the molecule is Cc1ccccc1C(F)(CF)c1ccccc1. The third kappa shape index (κ3) is 2.07. The molecule has 2 aromatic rings. The molecule has 2 rings (SSSR count). The van der Waals surface area contributed by atoms with Crippen LogP contribution in [0.5, 0.6) is 0 Å². The zero-order chi connectivity index (χ0) is 12.3. The topological polar surface area (TPSA) is 0 Å². The first kappa shape index (κ1) is 11.8. The molecule has 0 aromatic heterocycles. The summed E-state index contributed by atoms with van der Waals surface area (Å²) in [7, 11) is 0. The van der Waals surface area contributed by atoms with Crippen LogP contribution in [0.15, 0.2) is 54.6 Å². The van der Waals surface area contributed by atoms with E-state index in [0.29, 0.717) is 11.1 Å². The molecule has 88 valence electrons. The predicted octanol–water partition coefficient (Wildman–Crippen LogP) is 4.18. The molecule has 0 spiro atoms. The Morgan fingerprint density at radius 3 is 2.12 bits per heavy atom. The number of hydrogen-bond donors (Lipinski definition) is 0. The minimum absolute atomic E-state index is 0.358. The number of rotatable bonds is 3. The van der Waals surface area contributed by atoms with Crippen LogP contribution >= 0.6 is 0 Å². The fraction of sp³-hybridized carbons (Fsp3) is 0.200. The summed E-state index contributed by atoms with van der Waals surface area (Å²) in [5.74, 6) is 0. The Balaban J connectivity index is 2.56. The lowest BCUT2D eigenvalue weighted by Gasteiger charge is -2.24. The Bertz CT molecular complexity index is 493. The summed E-state index contributed by atoms with van der Waals surface area (Å²) in [4.78, 5) is 0. The van der Waals surface area contributed by atoms with Crippen LogP contribution in [-0.2, 0) is 5.67 Å². The van der Waals surface area contributed by atoms with Gasteiger partial charge >= 0.3 is 0 Å². The third-order valence-corrected chi connectivity index (χ3v) is 2.99. The molecule has 0 aliphatic heterocycles. The largest absolute Gasteiger partial charge is 0.247 e.